The number of hydrogen-bond acceptors (Lipinski definition) is 4. The number of methoxy groups -OCH3 is 1. The van der Waals surface area contributed by atoms with Crippen LogP contribution in [0.25, 0.3) is 10.8 Å². The molecule has 1 aromatic heterocycles. The number of nitrogens with zero attached hydrogens (tertiary/aromatic N) is 1. The van der Waals surface area contributed by atoms with Crippen LogP contribution in [0.5, 0.6) is 5.75 Å². The second-order valence-electron chi connectivity index (χ2n) is 4.57. The molecule has 2 aromatic rings. The molecule has 0 saturated heterocycles. The summed E-state index contributed by atoms with van der Waals surface area (Å²) in [7, 11) is 1.63. The molecular formula is C15H18N2O3. The number of hydrogen-bond donors (Lipinski definition) is 2. The van der Waals surface area contributed by atoms with Crippen molar-refractivity contribution in [2.45, 2.75) is 13.3 Å². The molecule has 0 fully saturated rings. The number of benzene rings is 1. The molecule has 1 heterocycles. The van der Waals surface area contributed by atoms with E-state index in [0.29, 0.717) is 18.8 Å². The van der Waals surface area contributed by atoms with Gasteiger partial charge in [0.05, 0.1) is 13.0 Å². The van der Waals surface area contributed by atoms with E-state index in [0.717, 1.165) is 16.5 Å². The summed E-state index contributed by atoms with van der Waals surface area (Å²) in [5, 5.41) is 14.1. The first-order chi connectivity index (χ1) is 9.65. The highest BCUT2D eigenvalue weighted by atomic mass is 16.5. The maximum absolute atomic E-state index is 11.0. The molecule has 1 atom stereocenters. The van der Waals surface area contributed by atoms with Gasteiger partial charge in [0, 0.05) is 18.1 Å². The summed E-state index contributed by atoms with van der Waals surface area (Å²) in [5.74, 6) is 0.281. The molecule has 2 N–H and O–H groups in total. The van der Waals surface area contributed by atoms with Crippen LogP contribution in [0.3, 0.4) is 0 Å². The van der Waals surface area contributed by atoms with E-state index < -0.39 is 11.9 Å². The van der Waals surface area contributed by atoms with E-state index in [9.17, 15) is 4.79 Å². The van der Waals surface area contributed by atoms with Crippen LogP contribution in [0.4, 0.5) is 5.82 Å². The van der Waals surface area contributed by atoms with Crippen molar-refractivity contribution in [3.63, 3.8) is 0 Å². The third kappa shape index (κ3) is 2.99. The number of fused-ring (bicyclic) bond motifs is 1. The van der Waals surface area contributed by atoms with Crippen molar-refractivity contribution in [3.8, 4) is 5.75 Å². The fourth-order valence-corrected chi connectivity index (χ4v) is 2.05. The lowest BCUT2D eigenvalue weighted by Crippen LogP contribution is -2.22. The Bertz CT molecular complexity index is 613. The topological polar surface area (TPSA) is 71.5 Å². The molecule has 5 nitrogen and oxygen atoms in total. The Morgan fingerprint density at radius 2 is 2.25 bits per heavy atom. The van der Waals surface area contributed by atoms with Gasteiger partial charge in [0.2, 0.25) is 0 Å². The third-order valence-electron chi connectivity index (χ3n) is 3.33. The van der Waals surface area contributed by atoms with Crippen molar-refractivity contribution in [3.05, 3.63) is 30.5 Å². The van der Waals surface area contributed by atoms with Crippen LogP contribution in [-0.4, -0.2) is 29.7 Å². The van der Waals surface area contributed by atoms with Gasteiger partial charge in [-0.2, -0.15) is 0 Å². The quantitative estimate of drug-likeness (QED) is 0.847. The average Bonchev–Trinajstić information content (AvgIpc) is 2.47. The van der Waals surface area contributed by atoms with Crippen LogP contribution in [0.2, 0.25) is 0 Å². The van der Waals surface area contributed by atoms with Gasteiger partial charge >= 0.3 is 5.97 Å². The fraction of sp³-hybridized carbons (Fsp3) is 0.333. The van der Waals surface area contributed by atoms with Gasteiger partial charge in [-0.1, -0.05) is 6.92 Å². The summed E-state index contributed by atoms with van der Waals surface area (Å²) in [5.41, 5.74) is 0. The number of carboxylic acid groups (broad SMARTS) is 1. The van der Waals surface area contributed by atoms with Crippen molar-refractivity contribution in [1.29, 1.82) is 0 Å². The zero-order valence-electron chi connectivity index (χ0n) is 11.6. The summed E-state index contributed by atoms with van der Waals surface area (Å²) >= 11 is 0. The van der Waals surface area contributed by atoms with Crippen LogP contribution in [0.15, 0.2) is 30.5 Å². The lowest BCUT2D eigenvalue weighted by Gasteiger charge is -2.13. The minimum absolute atomic E-state index is 0.365. The first kappa shape index (κ1) is 14.1. The highest BCUT2D eigenvalue weighted by molar-refractivity contribution is 5.92. The lowest BCUT2D eigenvalue weighted by atomic mass is 10.1. The highest BCUT2D eigenvalue weighted by Gasteiger charge is 2.15. The number of ether oxygens (including phenoxy) is 1. The zero-order valence-corrected chi connectivity index (χ0v) is 11.6. The molecule has 1 aromatic carbocycles. The Labute approximate surface area is 117 Å². The molecule has 106 valence electrons. The zero-order chi connectivity index (χ0) is 14.5. The van der Waals surface area contributed by atoms with Gasteiger partial charge in [0.25, 0.3) is 0 Å². The number of carbonyl (C=O) groups is 1. The Balaban J connectivity index is 2.24. The van der Waals surface area contributed by atoms with E-state index in [4.69, 9.17) is 9.84 Å². The molecule has 0 bridgehead atoms. The molecular weight excluding hydrogens is 256 g/mol. The highest BCUT2D eigenvalue weighted by Crippen LogP contribution is 2.25. The molecule has 0 aliphatic heterocycles. The third-order valence-corrected chi connectivity index (χ3v) is 3.33. The number of rotatable bonds is 6. The summed E-state index contributed by atoms with van der Waals surface area (Å²) in [4.78, 5) is 15.3. The van der Waals surface area contributed by atoms with Crippen LogP contribution >= 0.6 is 0 Å². The van der Waals surface area contributed by atoms with E-state index in [1.54, 1.807) is 13.3 Å². The van der Waals surface area contributed by atoms with Crippen molar-refractivity contribution in [2.75, 3.05) is 19.0 Å². The number of pyridine rings is 1. The molecule has 1 unspecified atom stereocenters. The fourth-order valence-electron chi connectivity index (χ4n) is 2.05. The molecule has 0 aliphatic rings. The molecule has 0 amide bonds. The van der Waals surface area contributed by atoms with Crippen LogP contribution in [0, 0.1) is 5.92 Å². The predicted octanol–water partition coefficient (Wildman–Crippen LogP) is 2.77. The minimum atomic E-state index is -0.790. The summed E-state index contributed by atoms with van der Waals surface area (Å²) in [6.45, 7) is 2.23. The van der Waals surface area contributed by atoms with E-state index in [1.165, 1.54) is 0 Å². The molecule has 2 rings (SSSR count). The number of nitrogens with one attached hydrogen (secondary N) is 1. The van der Waals surface area contributed by atoms with Gasteiger partial charge in [0.1, 0.15) is 11.6 Å². The monoisotopic (exact) mass is 274 g/mol. The Hall–Kier alpha value is -2.30. The maximum atomic E-state index is 11.0. The van der Waals surface area contributed by atoms with E-state index in [1.807, 2.05) is 31.2 Å². The largest absolute Gasteiger partial charge is 0.497 e. The summed E-state index contributed by atoms with van der Waals surface area (Å²) in [6, 6.07) is 7.61. The molecule has 20 heavy (non-hydrogen) atoms. The van der Waals surface area contributed by atoms with E-state index in [2.05, 4.69) is 10.3 Å². The smallest absolute Gasteiger partial charge is 0.308 e. The molecule has 5 heteroatoms. The molecule has 0 radical (unpaired) electrons. The average molecular weight is 274 g/mol. The van der Waals surface area contributed by atoms with Crippen LogP contribution < -0.4 is 10.1 Å². The Morgan fingerprint density at radius 3 is 2.90 bits per heavy atom. The number of anilines is 1. The van der Waals surface area contributed by atoms with Gasteiger partial charge in [-0.15, -0.1) is 0 Å². The van der Waals surface area contributed by atoms with Crippen molar-refractivity contribution in [2.24, 2.45) is 5.92 Å². The van der Waals surface area contributed by atoms with Crippen molar-refractivity contribution in [1.82, 2.24) is 4.98 Å². The van der Waals surface area contributed by atoms with E-state index in [-0.39, 0.29) is 0 Å². The normalized spacial score (nSPS) is 12.1. The standard InChI is InChI=1S/C15H18N2O3/c1-3-10(15(18)19)9-17-14-13-5-4-12(20-2)8-11(13)6-7-16-14/h4-8,10H,3,9H2,1-2H3,(H,16,17)(H,18,19). The Morgan fingerprint density at radius 1 is 1.45 bits per heavy atom. The van der Waals surface area contributed by atoms with Crippen molar-refractivity contribution >= 4 is 22.6 Å². The SMILES string of the molecule is CCC(CNc1nccc2cc(OC)ccc12)C(=O)O. The number of aliphatic carboxylic acids is 1. The second kappa shape index (κ2) is 6.23. The van der Waals surface area contributed by atoms with Gasteiger partial charge in [-0.3, -0.25) is 4.79 Å². The first-order valence-corrected chi connectivity index (χ1v) is 6.55. The number of aromatic nitrogens is 1. The second-order valence-corrected chi connectivity index (χ2v) is 4.57. The van der Waals surface area contributed by atoms with Gasteiger partial charge in [-0.05, 0) is 36.1 Å². The maximum Gasteiger partial charge on any atom is 0.308 e. The first-order valence-electron chi connectivity index (χ1n) is 6.55. The molecule has 0 spiro atoms. The Kier molecular flexibility index (Phi) is 4.40. The van der Waals surface area contributed by atoms with Gasteiger partial charge in [0.15, 0.2) is 0 Å². The van der Waals surface area contributed by atoms with Crippen LogP contribution in [-0.2, 0) is 4.79 Å². The number of carboxylic acids is 1. The van der Waals surface area contributed by atoms with Crippen molar-refractivity contribution < 1.29 is 14.6 Å². The summed E-state index contributed by atoms with van der Waals surface area (Å²) < 4.78 is 5.19. The van der Waals surface area contributed by atoms with Gasteiger partial charge < -0.3 is 15.2 Å². The predicted molar refractivity (Wildman–Crippen MR) is 78.2 cm³/mol. The lowest BCUT2D eigenvalue weighted by molar-refractivity contribution is -0.141. The van der Waals surface area contributed by atoms with E-state index >= 15 is 0 Å². The summed E-state index contributed by atoms with van der Waals surface area (Å²) in [6.07, 6.45) is 2.28. The minimum Gasteiger partial charge on any atom is -0.497 e. The van der Waals surface area contributed by atoms with Gasteiger partial charge in [-0.25, -0.2) is 4.98 Å². The van der Waals surface area contributed by atoms with Crippen LogP contribution in [0.1, 0.15) is 13.3 Å². The molecule has 0 saturated carbocycles. The molecule has 0 aliphatic carbocycles.